The minimum absolute atomic E-state index is 0.113. The zero-order valence-corrected chi connectivity index (χ0v) is 22.3. The predicted molar refractivity (Wildman–Crippen MR) is 139 cm³/mol. The number of urea groups is 1. The standard InChI is InChI=1S/C26H17Br2FN2O6/c1-36-25(34)16-5-7-18(8-6-16)31-24(33)19(23(32)30-26(31)35)10-15-11-20(27)22(21(28)12-15)37-13-14-3-2-4-17(29)9-14/h2-12H,13H2,1H3,(H,30,32,35)/b19-10+. The summed E-state index contributed by atoms with van der Waals surface area (Å²) in [5.41, 5.74) is 1.22. The largest absolute Gasteiger partial charge is 0.487 e. The van der Waals surface area contributed by atoms with Crippen LogP contribution in [0, 0.1) is 5.82 Å². The van der Waals surface area contributed by atoms with Crippen LogP contribution in [0.5, 0.6) is 5.75 Å². The number of carbonyl (C=O) groups excluding carboxylic acids is 4. The van der Waals surface area contributed by atoms with Crippen LogP contribution in [-0.2, 0) is 20.9 Å². The van der Waals surface area contributed by atoms with Gasteiger partial charge in [-0.1, -0.05) is 12.1 Å². The fourth-order valence-corrected chi connectivity index (χ4v) is 4.96. The number of amides is 4. The number of halogens is 3. The highest BCUT2D eigenvalue weighted by molar-refractivity contribution is 9.11. The van der Waals surface area contributed by atoms with Gasteiger partial charge in [-0.15, -0.1) is 0 Å². The summed E-state index contributed by atoms with van der Waals surface area (Å²) in [6.07, 6.45) is 1.34. The number of hydrogen-bond acceptors (Lipinski definition) is 6. The number of nitrogens with zero attached hydrogens (tertiary/aromatic N) is 1. The van der Waals surface area contributed by atoms with E-state index in [-0.39, 0.29) is 29.2 Å². The Kier molecular flexibility index (Phi) is 7.84. The highest BCUT2D eigenvalue weighted by Crippen LogP contribution is 2.36. The Morgan fingerprint density at radius 1 is 1.03 bits per heavy atom. The Morgan fingerprint density at radius 2 is 1.70 bits per heavy atom. The zero-order chi connectivity index (χ0) is 26.7. The number of hydrogen-bond donors (Lipinski definition) is 1. The maximum absolute atomic E-state index is 13.4. The van der Waals surface area contributed by atoms with Crippen molar-refractivity contribution in [2.24, 2.45) is 0 Å². The molecular weight excluding hydrogens is 615 g/mol. The van der Waals surface area contributed by atoms with Gasteiger partial charge in [0.25, 0.3) is 11.8 Å². The highest BCUT2D eigenvalue weighted by Gasteiger charge is 2.37. The minimum Gasteiger partial charge on any atom is -0.487 e. The maximum atomic E-state index is 13.4. The molecule has 0 bridgehead atoms. The van der Waals surface area contributed by atoms with Crippen LogP contribution in [0.15, 0.2) is 75.2 Å². The summed E-state index contributed by atoms with van der Waals surface area (Å²) in [7, 11) is 1.24. The molecule has 4 amide bonds. The molecule has 3 aromatic carbocycles. The van der Waals surface area contributed by atoms with Crippen LogP contribution in [0.4, 0.5) is 14.9 Å². The molecule has 1 saturated heterocycles. The van der Waals surface area contributed by atoms with E-state index in [4.69, 9.17) is 4.74 Å². The topological polar surface area (TPSA) is 102 Å². The van der Waals surface area contributed by atoms with E-state index < -0.39 is 23.8 Å². The van der Waals surface area contributed by atoms with Crippen LogP contribution < -0.4 is 15.0 Å². The molecule has 37 heavy (non-hydrogen) atoms. The van der Waals surface area contributed by atoms with E-state index >= 15 is 0 Å². The van der Waals surface area contributed by atoms with E-state index in [1.807, 2.05) is 0 Å². The average Bonchev–Trinajstić information content (AvgIpc) is 2.86. The van der Waals surface area contributed by atoms with Gasteiger partial charge >= 0.3 is 12.0 Å². The van der Waals surface area contributed by atoms with Crippen molar-refractivity contribution < 1.29 is 33.0 Å². The number of barbiturate groups is 1. The summed E-state index contributed by atoms with van der Waals surface area (Å²) < 4.78 is 24.9. The first-order valence-corrected chi connectivity index (χ1v) is 12.2. The lowest BCUT2D eigenvalue weighted by Gasteiger charge is -2.26. The maximum Gasteiger partial charge on any atom is 0.337 e. The lowest BCUT2D eigenvalue weighted by Crippen LogP contribution is -2.54. The van der Waals surface area contributed by atoms with Crippen LogP contribution in [0.3, 0.4) is 0 Å². The average molecular weight is 632 g/mol. The number of imide groups is 2. The Balaban J connectivity index is 1.59. The number of rotatable bonds is 6. The lowest BCUT2D eigenvalue weighted by atomic mass is 10.1. The van der Waals surface area contributed by atoms with Crippen molar-refractivity contribution in [2.75, 3.05) is 12.0 Å². The van der Waals surface area contributed by atoms with E-state index in [0.29, 0.717) is 25.8 Å². The number of nitrogens with one attached hydrogen (secondary N) is 1. The number of carbonyl (C=O) groups is 4. The molecule has 0 atom stereocenters. The summed E-state index contributed by atoms with van der Waals surface area (Å²) in [5, 5.41) is 2.15. The minimum atomic E-state index is -0.915. The monoisotopic (exact) mass is 630 g/mol. The van der Waals surface area contributed by atoms with E-state index in [1.54, 1.807) is 24.3 Å². The first-order chi connectivity index (χ1) is 17.7. The molecule has 11 heteroatoms. The Bertz CT molecular complexity index is 1430. The van der Waals surface area contributed by atoms with Crippen molar-refractivity contribution in [2.45, 2.75) is 6.61 Å². The molecule has 1 fully saturated rings. The molecule has 1 N–H and O–H groups in total. The molecule has 0 spiro atoms. The Labute approximate surface area is 227 Å². The molecule has 3 aromatic rings. The summed E-state index contributed by atoms with van der Waals surface area (Å²) >= 11 is 6.83. The van der Waals surface area contributed by atoms with Gasteiger partial charge in [0.1, 0.15) is 23.7 Å². The summed E-state index contributed by atoms with van der Waals surface area (Å²) in [5.74, 6) is -2.19. The fourth-order valence-electron chi connectivity index (χ4n) is 3.51. The van der Waals surface area contributed by atoms with Crippen LogP contribution in [0.25, 0.3) is 6.08 Å². The van der Waals surface area contributed by atoms with Crippen molar-refractivity contribution in [3.05, 3.63) is 97.7 Å². The second-order valence-corrected chi connectivity index (χ2v) is 9.44. The molecule has 188 valence electrons. The Morgan fingerprint density at radius 3 is 2.32 bits per heavy atom. The smallest absolute Gasteiger partial charge is 0.337 e. The third-order valence-corrected chi connectivity index (χ3v) is 6.43. The molecule has 4 rings (SSSR count). The second kappa shape index (κ2) is 11.1. The first kappa shape index (κ1) is 26.2. The third-order valence-electron chi connectivity index (χ3n) is 5.25. The van der Waals surface area contributed by atoms with Gasteiger partial charge in [0.2, 0.25) is 0 Å². The molecule has 0 unspecified atom stereocenters. The van der Waals surface area contributed by atoms with Gasteiger partial charge < -0.3 is 9.47 Å². The second-order valence-electron chi connectivity index (χ2n) is 7.73. The van der Waals surface area contributed by atoms with E-state index in [1.165, 1.54) is 49.6 Å². The van der Waals surface area contributed by atoms with Gasteiger partial charge in [0.05, 0.1) is 27.3 Å². The highest BCUT2D eigenvalue weighted by atomic mass is 79.9. The van der Waals surface area contributed by atoms with Gasteiger partial charge in [-0.2, -0.15) is 0 Å². The van der Waals surface area contributed by atoms with Crippen molar-refractivity contribution in [3.63, 3.8) is 0 Å². The number of ether oxygens (including phenoxy) is 2. The zero-order valence-electron chi connectivity index (χ0n) is 19.1. The van der Waals surface area contributed by atoms with E-state index in [2.05, 4.69) is 41.9 Å². The molecule has 0 radical (unpaired) electrons. The normalized spacial score (nSPS) is 14.5. The Hall–Kier alpha value is -3.83. The molecule has 1 aliphatic rings. The van der Waals surface area contributed by atoms with E-state index in [9.17, 15) is 23.6 Å². The molecular formula is C26H17Br2FN2O6. The molecule has 1 aliphatic heterocycles. The molecule has 0 aliphatic carbocycles. The van der Waals surface area contributed by atoms with Crippen molar-refractivity contribution >= 4 is 67.4 Å². The summed E-state index contributed by atoms with van der Waals surface area (Å²) in [6, 6.07) is 14.0. The molecule has 1 heterocycles. The van der Waals surface area contributed by atoms with Crippen LogP contribution >= 0.6 is 31.9 Å². The molecule has 0 aromatic heterocycles. The van der Waals surface area contributed by atoms with E-state index in [0.717, 1.165) is 4.90 Å². The number of esters is 1. The van der Waals surface area contributed by atoms with Crippen LogP contribution in [0.1, 0.15) is 21.5 Å². The van der Waals surface area contributed by atoms with Crippen molar-refractivity contribution in [1.29, 1.82) is 0 Å². The predicted octanol–water partition coefficient (Wildman–Crippen LogP) is 5.38. The van der Waals surface area contributed by atoms with Crippen molar-refractivity contribution in [3.8, 4) is 5.75 Å². The van der Waals surface area contributed by atoms with Crippen molar-refractivity contribution in [1.82, 2.24) is 5.32 Å². The number of anilines is 1. The first-order valence-electron chi connectivity index (χ1n) is 10.6. The van der Waals surface area contributed by atoms with Crippen LogP contribution in [0.2, 0.25) is 0 Å². The van der Waals surface area contributed by atoms with Gasteiger partial charge in [-0.25, -0.2) is 18.9 Å². The van der Waals surface area contributed by atoms with Gasteiger partial charge in [0.15, 0.2) is 0 Å². The number of methoxy groups -OCH3 is 1. The quantitative estimate of drug-likeness (QED) is 0.223. The van der Waals surface area contributed by atoms with Gasteiger partial charge in [-0.05, 0) is 97.6 Å². The van der Waals surface area contributed by atoms with Gasteiger partial charge in [0, 0.05) is 0 Å². The SMILES string of the molecule is COC(=O)c1ccc(N2C(=O)NC(=O)/C(=C\c3cc(Br)c(OCc4cccc(F)c4)c(Br)c3)C2=O)cc1. The lowest BCUT2D eigenvalue weighted by molar-refractivity contribution is -0.122. The summed E-state index contributed by atoms with van der Waals surface area (Å²) in [6.45, 7) is 0.113. The molecule has 8 nitrogen and oxygen atoms in total. The number of benzene rings is 3. The summed E-state index contributed by atoms with van der Waals surface area (Å²) in [4.78, 5) is 50.6. The van der Waals surface area contributed by atoms with Crippen LogP contribution in [-0.4, -0.2) is 30.9 Å². The fraction of sp³-hybridized carbons (Fsp3) is 0.0769. The molecule has 0 saturated carbocycles. The third kappa shape index (κ3) is 5.78. The van der Waals surface area contributed by atoms with Gasteiger partial charge in [-0.3, -0.25) is 14.9 Å².